The van der Waals surface area contributed by atoms with Gasteiger partial charge in [-0.3, -0.25) is 0 Å². The first-order valence-electron chi connectivity index (χ1n) is 7.72. The van der Waals surface area contributed by atoms with E-state index < -0.39 is 5.82 Å². The molecule has 0 spiro atoms. The number of hydrogen-bond acceptors (Lipinski definition) is 5. The fourth-order valence-corrected chi connectivity index (χ4v) is 2.60. The van der Waals surface area contributed by atoms with Crippen LogP contribution < -0.4 is 0 Å². The molecule has 0 saturated carbocycles. The SMILES string of the molecule is Cc1cccc(-n2nnc(-c3nc(-c4ccccc4F)no3)c2C)c1. The summed E-state index contributed by atoms with van der Waals surface area (Å²) in [5, 5.41) is 12.2. The highest BCUT2D eigenvalue weighted by molar-refractivity contribution is 5.59. The van der Waals surface area contributed by atoms with E-state index in [0.717, 1.165) is 16.9 Å². The van der Waals surface area contributed by atoms with Gasteiger partial charge in [-0.2, -0.15) is 4.98 Å². The molecule has 25 heavy (non-hydrogen) atoms. The first kappa shape index (κ1) is 15.2. The van der Waals surface area contributed by atoms with E-state index in [2.05, 4.69) is 20.5 Å². The molecule has 0 bridgehead atoms. The summed E-state index contributed by atoms with van der Waals surface area (Å²) in [5.74, 6) is -0.0257. The van der Waals surface area contributed by atoms with Gasteiger partial charge in [-0.1, -0.05) is 34.6 Å². The van der Waals surface area contributed by atoms with Crippen LogP contribution >= 0.6 is 0 Å². The summed E-state index contributed by atoms with van der Waals surface area (Å²) in [4.78, 5) is 4.26. The molecule has 0 saturated heterocycles. The Morgan fingerprint density at radius 1 is 1.04 bits per heavy atom. The van der Waals surface area contributed by atoms with Gasteiger partial charge in [-0.15, -0.1) is 5.10 Å². The molecule has 0 aliphatic rings. The monoisotopic (exact) mass is 335 g/mol. The van der Waals surface area contributed by atoms with E-state index in [-0.39, 0.29) is 17.3 Å². The largest absolute Gasteiger partial charge is 0.332 e. The van der Waals surface area contributed by atoms with E-state index in [1.54, 1.807) is 22.9 Å². The molecular weight excluding hydrogens is 321 g/mol. The quantitative estimate of drug-likeness (QED) is 0.570. The van der Waals surface area contributed by atoms with Crippen LogP contribution in [0.2, 0.25) is 0 Å². The van der Waals surface area contributed by atoms with Crippen molar-refractivity contribution in [3.05, 3.63) is 65.6 Å². The second-order valence-electron chi connectivity index (χ2n) is 5.68. The molecule has 0 unspecified atom stereocenters. The van der Waals surface area contributed by atoms with Crippen molar-refractivity contribution in [2.45, 2.75) is 13.8 Å². The second-order valence-corrected chi connectivity index (χ2v) is 5.68. The lowest BCUT2D eigenvalue weighted by Gasteiger charge is -2.03. The highest BCUT2D eigenvalue weighted by Crippen LogP contribution is 2.25. The zero-order valence-corrected chi connectivity index (χ0v) is 13.6. The first-order chi connectivity index (χ1) is 12.1. The normalized spacial score (nSPS) is 11.0. The Morgan fingerprint density at radius 2 is 1.88 bits per heavy atom. The van der Waals surface area contributed by atoms with Crippen molar-refractivity contribution in [3.63, 3.8) is 0 Å². The van der Waals surface area contributed by atoms with Crippen LogP contribution in [0.15, 0.2) is 53.1 Å². The van der Waals surface area contributed by atoms with E-state index in [0.29, 0.717) is 5.69 Å². The number of rotatable bonds is 3. The summed E-state index contributed by atoms with van der Waals surface area (Å²) < 4.78 is 20.8. The van der Waals surface area contributed by atoms with Crippen molar-refractivity contribution >= 4 is 0 Å². The Hall–Kier alpha value is -3.35. The lowest BCUT2D eigenvalue weighted by atomic mass is 10.2. The first-order valence-corrected chi connectivity index (χ1v) is 7.72. The Morgan fingerprint density at radius 3 is 2.68 bits per heavy atom. The van der Waals surface area contributed by atoms with Gasteiger partial charge in [0, 0.05) is 0 Å². The molecule has 0 radical (unpaired) electrons. The smallest absolute Gasteiger partial charge is 0.280 e. The van der Waals surface area contributed by atoms with E-state index >= 15 is 0 Å². The van der Waals surface area contributed by atoms with Crippen molar-refractivity contribution in [2.24, 2.45) is 0 Å². The Balaban J connectivity index is 1.74. The molecule has 2 aromatic heterocycles. The molecule has 124 valence electrons. The number of aromatic nitrogens is 5. The maximum absolute atomic E-state index is 13.9. The van der Waals surface area contributed by atoms with Crippen LogP contribution in [0, 0.1) is 19.7 Å². The molecule has 4 rings (SSSR count). The fourth-order valence-electron chi connectivity index (χ4n) is 2.60. The predicted molar refractivity (Wildman–Crippen MR) is 89.5 cm³/mol. The zero-order valence-electron chi connectivity index (χ0n) is 13.6. The minimum atomic E-state index is -0.407. The summed E-state index contributed by atoms with van der Waals surface area (Å²) in [5.41, 5.74) is 3.52. The second kappa shape index (κ2) is 5.94. The summed E-state index contributed by atoms with van der Waals surface area (Å²) >= 11 is 0. The molecule has 2 heterocycles. The molecule has 6 nitrogen and oxygen atoms in total. The molecular formula is C18H14FN5O. The van der Waals surface area contributed by atoms with Crippen LogP contribution in [0.1, 0.15) is 11.3 Å². The van der Waals surface area contributed by atoms with E-state index in [4.69, 9.17) is 4.52 Å². The highest BCUT2D eigenvalue weighted by Gasteiger charge is 2.20. The maximum atomic E-state index is 13.9. The molecule has 4 aromatic rings. The van der Waals surface area contributed by atoms with Crippen LogP contribution in [0.4, 0.5) is 4.39 Å². The number of aryl methyl sites for hydroxylation is 1. The fraction of sp³-hybridized carbons (Fsp3) is 0.111. The van der Waals surface area contributed by atoms with Crippen LogP contribution in [0.5, 0.6) is 0 Å². The molecule has 0 N–H and O–H groups in total. The highest BCUT2D eigenvalue weighted by atomic mass is 19.1. The van der Waals surface area contributed by atoms with Gasteiger partial charge in [-0.05, 0) is 43.7 Å². The minimum Gasteiger partial charge on any atom is -0.332 e. The molecule has 7 heteroatoms. The van der Waals surface area contributed by atoms with Gasteiger partial charge in [0.2, 0.25) is 5.82 Å². The molecule has 0 aliphatic carbocycles. The van der Waals surface area contributed by atoms with Gasteiger partial charge in [0.05, 0.1) is 16.9 Å². The third kappa shape index (κ3) is 2.69. The number of nitrogens with zero attached hydrogens (tertiary/aromatic N) is 5. The Bertz CT molecular complexity index is 1050. The minimum absolute atomic E-state index is 0.178. The van der Waals surface area contributed by atoms with Crippen LogP contribution in [0.3, 0.4) is 0 Å². The maximum Gasteiger partial charge on any atom is 0.280 e. The predicted octanol–water partition coefficient (Wildman–Crippen LogP) is 3.74. The van der Waals surface area contributed by atoms with Crippen molar-refractivity contribution < 1.29 is 8.91 Å². The van der Waals surface area contributed by atoms with Crippen molar-refractivity contribution in [2.75, 3.05) is 0 Å². The van der Waals surface area contributed by atoms with Crippen molar-refractivity contribution in [3.8, 4) is 28.7 Å². The van der Waals surface area contributed by atoms with Crippen molar-refractivity contribution in [1.29, 1.82) is 0 Å². The zero-order chi connectivity index (χ0) is 17.4. The summed E-state index contributed by atoms with van der Waals surface area (Å²) in [6.07, 6.45) is 0. The summed E-state index contributed by atoms with van der Waals surface area (Å²) in [7, 11) is 0. The molecule has 0 aliphatic heterocycles. The van der Waals surface area contributed by atoms with E-state index in [1.165, 1.54) is 6.07 Å². The lowest BCUT2D eigenvalue weighted by Crippen LogP contribution is -1.99. The van der Waals surface area contributed by atoms with Crippen molar-refractivity contribution in [1.82, 2.24) is 25.1 Å². The summed E-state index contributed by atoms with van der Waals surface area (Å²) in [6, 6.07) is 14.2. The summed E-state index contributed by atoms with van der Waals surface area (Å²) in [6.45, 7) is 3.88. The van der Waals surface area contributed by atoms with Crippen LogP contribution in [-0.2, 0) is 0 Å². The van der Waals surface area contributed by atoms with E-state index in [1.807, 2.05) is 38.1 Å². The van der Waals surface area contributed by atoms with Crippen LogP contribution in [-0.4, -0.2) is 25.1 Å². The molecule has 0 amide bonds. The van der Waals surface area contributed by atoms with Gasteiger partial charge >= 0.3 is 0 Å². The number of hydrogen-bond donors (Lipinski definition) is 0. The molecule has 0 fully saturated rings. The third-order valence-corrected chi connectivity index (χ3v) is 3.88. The van der Waals surface area contributed by atoms with Crippen LogP contribution in [0.25, 0.3) is 28.7 Å². The lowest BCUT2D eigenvalue weighted by molar-refractivity contribution is 0.430. The third-order valence-electron chi connectivity index (χ3n) is 3.88. The number of halogens is 1. The van der Waals surface area contributed by atoms with Gasteiger partial charge in [0.15, 0.2) is 5.69 Å². The molecule has 2 aromatic carbocycles. The van der Waals surface area contributed by atoms with Gasteiger partial charge in [0.1, 0.15) is 5.82 Å². The Labute approximate surface area is 142 Å². The number of benzene rings is 2. The standard InChI is InChI=1S/C18H14FN5O/c1-11-6-5-7-13(10-11)24-12(2)16(21-23-24)18-20-17(22-25-18)14-8-3-4-9-15(14)19/h3-10H,1-2H3. The average Bonchev–Trinajstić information content (AvgIpc) is 3.22. The Kier molecular flexibility index (Phi) is 3.61. The van der Waals surface area contributed by atoms with Gasteiger partial charge in [0.25, 0.3) is 5.89 Å². The average molecular weight is 335 g/mol. The van der Waals surface area contributed by atoms with E-state index in [9.17, 15) is 4.39 Å². The van der Waals surface area contributed by atoms with Gasteiger partial charge in [-0.25, -0.2) is 9.07 Å². The molecule has 0 atom stereocenters. The van der Waals surface area contributed by atoms with Gasteiger partial charge < -0.3 is 4.52 Å². The topological polar surface area (TPSA) is 69.6 Å².